The van der Waals surface area contributed by atoms with Crippen LogP contribution in [0.5, 0.6) is 17.8 Å². The highest BCUT2D eigenvalue weighted by Crippen LogP contribution is 2.20. The summed E-state index contributed by atoms with van der Waals surface area (Å²) in [7, 11) is 1.48. The zero-order chi connectivity index (χ0) is 15.1. The molecule has 7 heteroatoms. The van der Waals surface area contributed by atoms with Gasteiger partial charge in [-0.05, 0) is 30.7 Å². The molecule has 0 aliphatic heterocycles. The van der Waals surface area contributed by atoms with E-state index in [1.54, 1.807) is 24.3 Å². The van der Waals surface area contributed by atoms with Crippen LogP contribution < -0.4 is 14.8 Å². The third-order valence-corrected chi connectivity index (χ3v) is 2.50. The number of rotatable bonds is 6. The molecule has 1 aromatic carbocycles. The Hall–Kier alpha value is -2.88. The molecule has 0 aliphatic rings. The SMILES string of the molecule is CCCNc1nc(OC)nc(Oc2ccc(C#N)cc2)n1. The Labute approximate surface area is 122 Å². The fourth-order valence-electron chi connectivity index (χ4n) is 1.49. The number of nitrogens with one attached hydrogen (secondary N) is 1. The van der Waals surface area contributed by atoms with Gasteiger partial charge in [0, 0.05) is 6.54 Å². The van der Waals surface area contributed by atoms with Gasteiger partial charge in [0.25, 0.3) is 0 Å². The highest BCUT2D eigenvalue weighted by Gasteiger charge is 2.08. The van der Waals surface area contributed by atoms with Crippen LogP contribution in [0.15, 0.2) is 24.3 Å². The molecular formula is C14H15N5O2. The monoisotopic (exact) mass is 285 g/mol. The van der Waals surface area contributed by atoms with E-state index in [-0.39, 0.29) is 12.0 Å². The second-order valence-electron chi connectivity index (χ2n) is 4.09. The van der Waals surface area contributed by atoms with Crippen LogP contribution in [0, 0.1) is 11.3 Å². The molecule has 0 bridgehead atoms. The first-order chi connectivity index (χ1) is 10.2. The molecule has 2 aromatic rings. The van der Waals surface area contributed by atoms with Gasteiger partial charge in [-0.2, -0.15) is 15.2 Å². The molecule has 0 radical (unpaired) electrons. The van der Waals surface area contributed by atoms with Crippen molar-refractivity contribution in [1.82, 2.24) is 15.0 Å². The summed E-state index contributed by atoms with van der Waals surface area (Å²) in [6, 6.07) is 9.01. The van der Waals surface area contributed by atoms with E-state index in [0.717, 1.165) is 13.0 Å². The molecule has 7 nitrogen and oxygen atoms in total. The van der Waals surface area contributed by atoms with E-state index >= 15 is 0 Å². The molecule has 2 rings (SSSR count). The average Bonchev–Trinajstić information content (AvgIpc) is 2.53. The van der Waals surface area contributed by atoms with Crippen LogP contribution in [0.25, 0.3) is 0 Å². The van der Waals surface area contributed by atoms with Crippen molar-refractivity contribution in [3.8, 4) is 23.8 Å². The fourth-order valence-corrected chi connectivity index (χ4v) is 1.49. The molecule has 0 saturated heterocycles. The summed E-state index contributed by atoms with van der Waals surface area (Å²) in [4.78, 5) is 12.3. The lowest BCUT2D eigenvalue weighted by Crippen LogP contribution is -2.07. The molecule has 0 aliphatic carbocycles. The standard InChI is InChI=1S/C14H15N5O2/c1-3-8-16-12-17-13(20-2)19-14(18-12)21-11-6-4-10(9-15)5-7-11/h4-7H,3,8H2,1-2H3,(H,16,17,18,19). The summed E-state index contributed by atoms with van der Waals surface area (Å²) in [5.41, 5.74) is 0.556. The molecule has 1 heterocycles. The smallest absolute Gasteiger partial charge is 0.330 e. The summed E-state index contributed by atoms with van der Waals surface area (Å²) >= 11 is 0. The highest BCUT2D eigenvalue weighted by molar-refractivity contribution is 5.36. The Balaban J connectivity index is 2.19. The van der Waals surface area contributed by atoms with Crippen LogP contribution in [0.1, 0.15) is 18.9 Å². The van der Waals surface area contributed by atoms with Crippen LogP contribution in [0.2, 0.25) is 0 Å². The first-order valence-corrected chi connectivity index (χ1v) is 6.47. The van der Waals surface area contributed by atoms with Gasteiger partial charge in [-0.25, -0.2) is 0 Å². The van der Waals surface area contributed by atoms with Crippen LogP contribution in [0.3, 0.4) is 0 Å². The molecular weight excluding hydrogens is 270 g/mol. The molecule has 108 valence electrons. The van der Waals surface area contributed by atoms with E-state index < -0.39 is 0 Å². The minimum Gasteiger partial charge on any atom is -0.467 e. The number of benzene rings is 1. The van der Waals surface area contributed by atoms with Crippen molar-refractivity contribution in [2.45, 2.75) is 13.3 Å². The fraction of sp³-hybridized carbons (Fsp3) is 0.286. The van der Waals surface area contributed by atoms with Gasteiger partial charge >= 0.3 is 12.0 Å². The lowest BCUT2D eigenvalue weighted by Gasteiger charge is -2.08. The number of nitrogens with zero attached hydrogens (tertiary/aromatic N) is 4. The summed E-state index contributed by atoms with van der Waals surface area (Å²) in [5.74, 6) is 0.927. The molecule has 1 aromatic heterocycles. The van der Waals surface area contributed by atoms with Crippen LogP contribution in [0.4, 0.5) is 5.95 Å². The lowest BCUT2D eigenvalue weighted by atomic mass is 10.2. The van der Waals surface area contributed by atoms with Crippen LogP contribution >= 0.6 is 0 Å². The molecule has 21 heavy (non-hydrogen) atoms. The maximum atomic E-state index is 8.76. The second kappa shape index (κ2) is 7.05. The maximum Gasteiger partial charge on any atom is 0.330 e. The van der Waals surface area contributed by atoms with Crippen molar-refractivity contribution in [3.05, 3.63) is 29.8 Å². The van der Waals surface area contributed by atoms with Gasteiger partial charge < -0.3 is 14.8 Å². The third kappa shape index (κ3) is 4.04. The molecule has 0 saturated carbocycles. The lowest BCUT2D eigenvalue weighted by molar-refractivity contribution is 0.360. The normalized spacial score (nSPS) is 9.76. The van der Waals surface area contributed by atoms with E-state index in [4.69, 9.17) is 14.7 Å². The summed E-state index contributed by atoms with van der Waals surface area (Å²) in [6.07, 6.45) is 0.944. The zero-order valence-corrected chi connectivity index (χ0v) is 11.8. The van der Waals surface area contributed by atoms with Crippen molar-refractivity contribution >= 4 is 5.95 Å². The largest absolute Gasteiger partial charge is 0.467 e. The summed E-state index contributed by atoms with van der Waals surface area (Å²) < 4.78 is 10.6. The maximum absolute atomic E-state index is 8.76. The van der Waals surface area contributed by atoms with Crippen molar-refractivity contribution in [2.75, 3.05) is 19.0 Å². The first kappa shape index (κ1) is 14.5. The van der Waals surface area contributed by atoms with Gasteiger partial charge in [0.1, 0.15) is 5.75 Å². The summed E-state index contributed by atoms with van der Waals surface area (Å²) in [6.45, 7) is 2.78. The van der Waals surface area contributed by atoms with Crippen LogP contribution in [-0.2, 0) is 0 Å². The van der Waals surface area contributed by atoms with E-state index in [2.05, 4.69) is 20.3 Å². The first-order valence-electron chi connectivity index (χ1n) is 6.47. The molecule has 0 fully saturated rings. The number of aromatic nitrogens is 3. The Bertz CT molecular complexity index is 637. The predicted molar refractivity (Wildman–Crippen MR) is 76.4 cm³/mol. The number of anilines is 1. The highest BCUT2D eigenvalue weighted by atomic mass is 16.5. The molecule has 0 spiro atoms. The Kier molecular flexibility index (Phi) is 4.88. The number of hydrogen-bond donors (Lipinski definition) is 1. The number of methoxy groups -OCH3 is 1. The van der Waals surface area contributed by atoms with Gasteiger partial charge in [0.15, 0.2) is 0 Å². The minimum atomic E-state index is 0.130. The van der Waals surface area contributed by atoms with Crippen LogP contribution in [-0.4, -0.2) is 28.6 Å². The van der Waals surface area contributed by atoms with E-state index in [1.807, 2.05) is 13.0 Å². The molecule has 0 unspecified atom stereocenters. The second-order valence-corrected chi connectivity index (χ2v) is 4.09. The van der Waals surface area contributed by atoms with Gasteiger partial charge in [0.2, 0.25) is 5.95 Å². The Morgan fingerprint density at radius 3 is 2.48 bits per heavy atom. The molecule has 0 atom stereocenters. The molecule has 0 amide bonds. The van der Waals surface area contributed by atoms with Gasteiger partial charge in [0.05, 0.1) is 18.7 Å². The molecule has 1 N–H and O–H groups in total. The Morgan fingerprint density at radius 2 is 1.86 bits per heavy atom. The van der Waals surface area contributed by atoms with E-state index in [9.17, 15) is 0 Å². The zero-order valence-electron chi connectivity index (χ0n) is 11.8. The van der Waals surface area contributed by atoms with Crippen molar-refractivity contribution in [3.63, 3.8) is 0 Å². The van der Waals surface area contributed by atoms with Crippen molar-refractivity contribution in [2.24, 2.45) is 0 Å². The number of nitriles is 1. The number of hydrogen-bond acceptors (Lipinski definition) is 7. The van der Waals surface area contributed by atoms with E-state index in [1.165, 1.54) is 7.11 Å². The van der Waals surface area contributed by atoms with Crippen molar-refractivity contribution in [1.29, 1.82) is 5.26 Å². The quantitative estimate of drug-likeness (QED) is 0.870. The van der Waals surface area contributed by atoms with Crippen molar-refractivity contribution < 1.29 is 9.47 Å². The summed E-state index contributed by atoms with van der Waals surface area (Å²) in [5, 5.41) is 11.8. The van der Waals surface area contributed by atoms with Gasteiger partial charge in [-0.15, -0.1) is 4.98 Å². The predicted octanol–water partition coefficient (Wildman–Crippen LogP) is 2.37. The van der Waals surface area contributed by atoms with Gasteiger partial charge in [-0.3, -0.25) is 0 Å². The van der Waals surface area contributed by atoms with E-state index in [0.29, 0.717) is 17.3 Å². The third-order valence-electron chi connectivity index (χ3n) is 2.50. The van der Waals surface area contributed by atoms with Gasteiger partial charge in [-0.1, -0.05) is 6.92 Å². The minimum absolute atomic E-state index is 0.130. The number of ether oxygens (including phenoxy) is 2. The Morgan fingerprint density at radius 1 is 1.14 bits per heavy atom. The topological polar surface area (TPSA) is 93.0 Å². The average molecular weight is 285 g/mol.